The highest BCUT2D eigenvalue weighted by Crippen LogP contribution is 2.38. The summed E-state index contributed by atoms with van der Waals surface area (Å²) in [6.45, 7) is 11.5. The van der Waals surface area contributed by atoms with Crippen molar-refractivity contribution in [2.45, 2.75) is 46.1 Å². The second-order valence-electron chi connectivity index (χ2n) is 7.14. The zero-order chi connectivity index (χ0) is 14.8. The molecule has 1 aliphatic heterocycles. The van der Waals surface area contributed by atoms with E-state index >= 15 is 0 Å². The molecule has 116 valence electrons. The molecule has 0 aromatic heterocycles. The minimum Gasteiger partial charge on any atom is -0.309 e. The van der Waals surface area contributed by atoms with Gasteiger partial charge in [0, 0.05) is 25.7 Å². The van der Waals surface area contributed by atoms with Crippen LogP contribution in [0.1, 0.15) is 48.9 Å². The van der Waals surface area contributed by atoms with Crippen molar-refractivity contribution in [2.75, 3.05) is 26.2 Å². The quantitative estimate of drug-likeness (QED) is 0.888. The first kappa shape index (κ1) is 15.1. The second-order valence-corrected chi connectivity index (χ2v) is 7.14. The molecular formula is C19H30N2. The molecule has 1 aromatic carbocycles. The number of nitrogens with zero attached hydrogens (tertiary/aromatic N) is 1. The number of fused-ring (bicyclic) bond motifs is 1. The van der Waals surface area contributed by atoms with Crippen molar-refractivity contribution in [1.29, 1.82) is 0 Å². The minimum atomic E-state index is 0.481. The fourth-order valence-electron chi connectivity index (χ4n) is 4.48. The van der Waals surface area contributed by atoms with Crippen molar-refractivity contribution in [2.24, 2.45) is 11.8 Å². The maximum Gasteiger partial charge on any atom is 0.0451 e. The van der Waals surface area contributed by atoms with E-state index in [4.69, 9.17) is 0 Å². The fraction of sp³-hybridized carbons (Fsp3) is 0.684. The van der Waals surface area contributed by atoms with Gasteiger partial charge in [-0.25, -0.2) is 0 Å². The van der Waals surface area contributed by atoms with Gasteiger partial charge in [-0.15, -0.1) is 0 Å². The minimum absolute atomic E-state index is 0.481. The van der Waals surface area contributed by atoms with Crippen LogP contribution in [-0.4, -0.2) is 31.1 Å². The Kier molecular flexibility index (Phi) is 4.66. The number of hydrogen-bond donors (Lipinski definition) is 1. The molecule has 1 saturated carbocycles. The summed E-state index contributed by atoms with van der Waals surface area (Å²) in [5.74, 6) is 1.98. The van der Waals surface area contributed by atoms with Crippen molar-refractivity contribution in [3.63, 3.8) is 0 Å². The summed E-state index contributed by atoms with van der Waals surface area (Å²) >= 11 is 0. The van der Waals surface area contributed by atoms with Gasteiger partial charge in [0.2, 0.25) is 0 Å². The van der Waals surface area contributed by atoms with Crippen LogP contribution in [0.25, 0.3) is 0 Å². The Morgan fingerprint density at radius 2 is 1.90 bits per heavy atom. The normalized spacial score (nSPS) is 27.0. The topological polar surface area (TPSA) is 15.3 Å². The Hall–Kier alpha value is -0.860. The largest absolute Gasteiger partial charge is 0.309 e. The van der Waals surface area contributed by atoms with Gasteiger partial charge in [-0.3, -0.25) is 0 Å². The molecule has 0 amide bonds. The summed E-state index contributed by atoms with van der Waals surface area (Å²) in [7, 11) is 0. The molecule has 0 radical (unpaired) electrons. The number of benzene rings is 1. The summed E-state index contributed by atoms with van der Waals surface area (Å²) in [5, 5.41) is 3.71. The van der Waals surface area contributed by atoms with E-state index in [0.717, 1.165) is 18.4 Å². The van der Waals surface area contributed by atoms with E-state index in [0.29, 0.717) is 6.04 Å². The predicted octanol–water partition coefficient (Wildman–Crippen LogP) is 3.69. The highest BCUT2D eigenvalue weighted by atomic mass is 15.2. The molecule has 0 spiro atoms. The van der Waals surface area contributed by atoms with Crippen LogP contribution in [0.2, 0.25) is 0 Å². The Morgan fingerprint density at radius 3 is 2.52 bits per heavy atom. The van der Waals surface area contributed by atoms with E-state index in [-0.39, 0.29) is 0 Å². The number of hydrogen-bond acceptors (Lipinski definition) is 2. The molecular weight excluding hydrogens is 256 g/mol. The Labute approximate surface area is 129 Å². The lowest BCUT2D eigenvalue weighted by Crippen LogP contribution is -2.35. The molecule has 1 aliphatic carbocycles. The van der Waals surface area contributed by atoms with Gasteiger partial charge in [-0.05, 0) is 56.2 Å². The molecule has 21 heavy (non-hydrogen) atoms. The lowest BCUT2D eigenvalue weighted by Gasteiger charge is -2.26. The van der Waals surface area contributed by atoms with E-state index in [1.165, 1.54) is 55.6 Å². The second kappa shape index (κ2) is 6.50. The molecule has 1 aromatic rings. The van der Waals surface area contributed by atoms with Crippen LogP contribution in [0.3, 0.4) is 0 Å². The van der Waals surface area contributed by atoms with E-state index in [1.807, 2.05) is 0 Å². The Balaban J connectivity index is 1.70. The fourth-order valence-corrected chi connectivity index (χ4v) is 4.48. The number of rotatable bonds is 5. The molecule has 0 bridgehead atoms. The third-order valence-electron chi connectivity index (χ3n) is 5.49. The Morgan fingerprint density at radius 1 is 1.19 bits per heavy atom. The summed E-state index contributed by atoms with van der Waals surface area (Å²) in [5.41, 5.74) is 4.28. The number of aryl methyl sites for hydroxylation is 2. The first-order chi connectivity index (χ1) is 10.2. The van der Waals surface area contributed by atoms with Crippen LogP contribution in [0.15, 0.2) is 18.2 Å². The standard InChI is InChI=1S/C19H30N2/c1-4-20-19(18-9-8-14(2)10-15(18)3)13-21-11-16-6-5-7-17(16)12-21/h8-10,16-17,19-20H,4-7,11-13H2,1-3H3. The molecule has 2 nitrogen and oxygen atoms in total. The molecule has 3 unspecified atom stereocenters. The number of likely N-dealkylation sites (tertiary alicyclic amines) is 1. The summed E-state index contributed by atoms with van der Waals surface area (Å²) in [4.78, 5) is 2.71. The average molecular weight is 286 g/mol. The van der Waals surface area contributed by atoms with Gasteiger partial charge in [0.05, 0.1) is 0 Å². The van der Waals surface area contributed by atoms with E-state index in [1.54, 1.807) is 0 Å². The van der Waals surface area contributed by atoms with Crippen LogP contribution < -0.4 is 5.32 Å². The Bertz CT molecular complexity index is 470. The zero-order valence-corrected chi connectivity index (χ0v) is 13.9. The lowest BCUT2D eigenvalue weighted by molar-refractivity contribution is 0.273. The molecule has 2 aliphatic rings. The van der Waals surface area contributed by atoms with Crippen LogP contribution in [0, 0.1) is 25.7 Å². The molecule has 1 saturated heterocycles. The zero-order valence-electron chi connectivity index (χ0n) is 13.9. The van der Waals surface area contributed by atoms with Crippen molar-refractivity contribution < 1.29 is 0 Å². The predicted molar refractivity (Wildman–Crippen MR) is 89.6 cm³/mol. The van der Waals surface area contributed by atoms with Gasteiger partial charge in [-0.1, -0.05) is 37.1 Å². The van der Waals surface area contributed by atoms with Gasteiger partial charge >= 0.3 is 0 Å². The maximum atomic E-state index is 3.71. The van der Waals surface area contributed by atoms with E-state index in [2.05, 4.69) is 49.2 Å². The van der Waals surface area contributed by atoms with Crippen LogP contribution in [-0.2, 0) is 0 Å². The summed E-state index contributed by atoms with van der Waals surface area (Å²) in [6, 6.07) is 7.38. The third-order valence-corrected chi connectivity index (χ3v) is 5.49. The summed E-state index contributed by atoms with van der Waals surface area (Å²) in [6.07, 6.45) is 4.41. The smallest absolute Gasteiger partial charge is 0.0451 e. The van der Waals surface area contributed by atoms with Crippen LogP contribution in [0.4, 0.5) is 0 Å². The highest BCUT2D eigenvalue weighted by molar-refractivity contribution is 5.33. The van der Waals surface area contributed by atoms with Crippen molar-refractivity contribution in [3.8, 4) is 0 Å². The molecule has 2 heteroatoms. The van der Waals surface area contributed by atoms with Gasteiger partial charge in [-0.2, -0.15) is 0 Å². The SMILES string of the molecule is CCNC(CN1CC2CCCC2C1)c1ccc(C)cc1C. The van der Waals surface area contributed by atoms with E-state index in [9.17, 15) is 0 Å². The first-order valence-corrected chi connectivity index (χ1v) is 8.70. The maximum absolute atomic E-state index is 3.71. The molecule has 3 rings (SSSR count). The number of likely N-dealkylation sites (N-methyl/N-ethyl adjacent to an activating group) is 1. The van der Waals surface area contributed by atoms with Gasteiger partial charge in [0.25, 0.3) is 0 Å². The monoisotopic (exact) mass is 286 g/mol. The molecule has 1 N–H and O–H groups in total. The molecule has 1 heterocycles. The van der Waals surface area contributed by atoms with Gasteiger partial charge in [0.1, 0.15) is 0 Å². The van der Waals surface area contributed by atoms with Gasteiger partial charge < -0.3 is 10.2 Å². The summed E-state index contributed by atoms with van der Waals surface area (Å²) < 4.78 is 0. The first-order valence-electron chi connectivity index (χ1n) is 8.70. The molecule has 2 fully saturated rings. The van der Waals surface area contributed by atoms with Crippen LogP contribution in [0.5, 0.6) is 0 Å². The van der Waals surface area contributed by atoms with Crippen LogP contribution >= 0.6 is 0 Å². The van der Waals surface area contributed by atoms with Gasteiger partial charge in [0.15, 0.2) is 0 Å². The number of nitrogens with one attached hydrogen (secondary N) is 1. The third kappa shape index (κ3) is 3.32. The average Bonchev–Trinajstić information content (AvgIpc) is 2.99. The van der Waals surface area contributed by atoms with Crippen molar-refractivity contribution in [3.05, 3.63) is 34.9 Å². The van der Waals surface area contributed by atoms with E-state index < -0.39 is 0 Å². The lowest BCUT2D eigenvalue weighted by atomic mass is 9.98. The molecule has 3 atom stereocenters. The van der Waals surface area contributed by atoms with Crippen molar-refractivity contribution >= 4 is 0 Å². The highest BCUT2D eigenvalue weighted by Gasteiger charge is 2.36. The van der Waals surface area contributed by atoms with Crippen molar-refractivity contribution in [1.82, 2.24) is 10.2 Å².